The molecule has 0 saturated carbocycles. The van der Waals surface area contributed by atoms with Gasteiger partial charge in [-0.25, -0.2) is 0 Å². The number of benzene rings is 2. The van der Waals surface area contributed by atoms with E-state index >= 15 is 0 Å². The van der Waals surface area contributed by atoms with Crippen molar-refractivity contribution in [2.24, 2.45) is 0 Å². The lowest BCUT2D eigenvalue weighted by molar-refractivity contribution is 0.180. The first kappa shape index (κ1) is 11.3. The van der Waals surface area contributed by atoms with Crippen molar-refractivity contribution < 1.29 is 9.84 Å². The average molecular weight is 240 g/mol. The van der Waals surface area contributed by atoms with Crippen molar-refractivity contribution in [3.05, 3.63) is 65.2 Å². The molecule has 0 amide bonds. The molecule has 0 saturated heterocycles. The Morgan fingerprint density at radius 3 is 2.78 bits per heavy atom. The van der Waals surface area contributed by atoms with Crippen LogP contribution in [0.4, 0.5) is 0 Å². The second-order valence-corrected chi connectivity index (χ2v) is 4.69. The predicted molar refractivity (Wildman–Crippen MR) is 70.5 cm³/mol. The molecule has 3 rings (SSSR count). The van der Waals surface area contributed by atoms with Gasteiger partial charge in [0.05, 0.1) is 6.10 Å². The molecule has 0 heterocycles. The van der Waals surface area contributed by atoms with Gasteiger partial charge in [0.15, 0.2) is 0 Å². The Morgan fingerprint density at radius 2 is 1.94 bits per heavy atom. The number of ether oxygens (including phenoxy) is 1. The fourth-order valence-corrected chi connectivity index (χ4v) is 2.40. The van der Waals surface area contributed by atoms with Crippen LogP contribution in [-0.4, -0.2) is 5.11 Å². The van der Waals surface area contributed by atoms with Crippen LogP contribution in [0.5, 0.6) is 5.75 Å². The highest BCUT2D eigenvalue weighted by molar-refractivity contribution is 5.39. The van der Waals surface area contributed by atoms with Gasteiger partial charge in [-0.3, -0.25) is 0 Å². The number of aliphatic hydroxyl groups is 1. The molecule has 0 fully saturated rings. The summed E-state index contributed by atoms with van der Waals surface area (Å²) in [5.41, 5.74) is 3.44. The smallest absolute Gasteiger partial charge is 0.120 e. The normalized spacial score (nSPS) is 17.5. The van der Waals surface area contributed by atoms with Gasteiger partial charge in [0.1, 0.15) is 12.4 Å². The van der Waals surface area contributed by atoms with E-state index in [9.17, 15) is 5.11 Å². The zero-order valence-corrected chi connectivity index (χ0v) is 10.2. The van der Waals surface area contributed by atoms with Crippen molar-refractivity contribution in [3.8, 4) is 5.75 Å². The molecule has 2 heteroatoms. The molecule has 2 aromatic rings. The van der Waals surface area contributed by atoms with Gasteiger partial charge < -0.3 is 9.84 Å². The molecular weight excluding hydrogens is 224 g/mol. The minimum atomic E-state index is -0.289. The Labute approximate surface area is 107 Å². The minimum Gasteiger partial charge on any atom is -0.489 e. The zero-order valence-electron chi connectivity index (χ0n) is 10.2. The Hall–Kier alpha value is -1.80. The highest BCUT2D eigenvalue weighted by Gasteiger charge is 2.20. The van der Waals surface area contributed by atoms with E-state index in [1.54, 1.807) is 0 Å². The number of hydrogen-bond acceptors (Lipinski definition) is 2. The fourth-order valence-electron chi connectivity index (χ4n) is 2.40. The van der Waals surface area contributed by atoms with Crippen LogP contribution in [0.2, 0.25) is 0 Å². The third kappa shape index (κ3) is 2.24. The predicted octanol–water partition coefficient (Wildman–Crippen LogP) is 3.25. The molecule has 2 nitrogen and oxygen atoms in total. The summed E-state index contributed by atoms with van der Waals surface area (Å²) in [4.78, 5) is 0. The van der Waals surface area contributed by atoms with E-state index in [1.807, 2.05) is 30.3 Å². The maximum absolute atomic E-state index is 9.74. The molecule has 1 atom stereocenters. The Bertz CT molecular complexity index is 534. The molecule has 2 aromatic carbocycles. The summed E-state index contributed by atoms with van der Waals surface area (Å²) in [5.74, 6) is 0.881. The summed E-state index contributed by atoms with van der Waals surface area (Å²) in [5, 5.41) is 9.74. The van der Waals surface area contributed by atoms with E-state index in [0.29, 0.717) is 6.61 Å². The lowest BCUT2D eigenvalue weighted by Gasteiger charge is -2.09. The van der Waals surface area contributed by atoms with E-state index in [4.69, 9.17) is 4.74 Å². The number of rotatable bonds is 3. The summed E-state index contributed by atoms with van der Waals surface area (Å²) in [7, 11) is 0. The summed E-state index contributed by atoms with van der Waals surface area (Å²) in [6.07, 6.45) is 1.49. The van der Waals surface area contributed by atoms with Gasteiger partial charge in [-0.15, -0.1) is 0 Å². The van der Waals surface area contributed by atoms with Gasteiger partial charge in [-0.1, -0.05) is 36.4 Å². The van der Waals surface area contributed by atoms with Crippen LogP contribution in [-0.2, 0) is 13.0 Å². The average Bonchev–Trinajstić information content (AvgIpc) is 2.79. The molecule has 0 aromatic heterocycles. The summed E-state index contributed by atoms with van der Waals surface area (Å²) < 4.78 is 5.77. The minimum absolute atomic E-state index is 0.289. The van der Waals surface area contributed by atoms with Crippen LogP contribution in [0.25, 0.3) is 0 Å². The number of hydrogen-bond donors (Lipinski definition) is 1. The Morgan fingerprint density at radius 1 is 1.11 bits per heavy atom. The van der Waals surface area contributed by atoms with Crippen molar-refractivity contribution in [3.63, 3.8) is 0 Å². The van der Waals surface area contributed by atoms with Gasteiger partial charge in [0.25, 0.3) is 0 Å². The molecule has 18 heavy (non-hydrogen) atoms. The molecule has 0 unspecified atom stereocenters. The molecule has 0 spiro atoms. The Balaban J connectivity index is 1.71. The monoisotopic (exact) mass is 240 g/mol. The van der Waals surface area contributed by atoms with Crippen LogP contribution in [0, 0.1) is 0 Å². The molecule has 92 valence electrons. The van der Waals surface area contributed by atoms with Crippen molar-refractivity contribution in [1.82, 2.24) is 0 Å². The molecular formula is C16H16O2. The molecule has 0 radical (unpaired) electrons. The van der Waals surface area contributed by atoms with Crippen molar-refractivity contribution in [2.45, 2.75) is 25.6 Å². The van der Waals surface area contributed by atoms with E-state index in [1.165, 1.54) is 5.56 Å². The lowest BCUT2D eigenvalue weighted by atomic mass is 10.1. The first-order valence-electron chi connectivity index (χ1n) is 6.30. The Kier molecular flexibility index (Phi) is 3.03. The van der Waals surface area contributed by atoms with Crippen molar-refractivity contribution in [1.29, 1.82) is 0 Å². The molecule has 1 aliphatic rings. The molecule has 0 aliphatic heterocycles. The highest BCUT2D eigenvalue weighted by Crippen LogP contribution is 2.33. The molecule has 1 aliphatic carbocycles. The third-order valence-corrected chi connectivity index (χ3v) is 3.41. The maximum atomic E-state index is 9.74. The standard InChI is InChI=1S/C16H16O2/c17-16-9-6-13-10-14(7-8-15(13)16)18-11-12-4-2-1-3-5-12/h1-5,7-8,10,16-17H,6,9,11H2/t16-/m1/s1. The van der Waals surface area contributed by atoms with Crippen LogP contribution in [0.15, 0.2) is 48.5 Å². The van der Waals surface area contributed by atoms with Crippen LogP contribution in [0.3, 0.4) is 0 Å². The third-order valence-electron chi connectivity index (χ3n) is 3.41. The highest BCUT2D eigenvalue weighted by atomic mass is 16.5. The first-order valence-corrected chi connectivity index (χ1v) is 6.30. The van der Waals surface area contributed by atoms with Gasteiger partial charge >= 0.3 is 0 Å². The number of aliphatic hydroxyl groups excluding tert-OH is 1. The van der Waals surface area contributed by atoms with Gasteiger partial charge in [-0.05, 0) is 41.7 Å². The first-order chi connectivity index (χ1) is 8.83. The SMILES string of the molecule is O[C@@H]1CCc2cc(OCc3ccccc3)ccc21. The number of aryl methyl sites for hydroxylation is 1. The van der Waals surface area contributed by atoms with E-state index < -0.39 is 0 Å². The van der Waals surface area contributed by atoms with Crippen LogP contribution in [0.1, 0.15) is 29.2 Å². The quantitative estimate of drug-likeness (QED) is 0.892. The van der Waals surface area contributed by atoms with Gasteiger partial charge in [0, 0.05) is 0 Å². The van der Waals surface area contributed by atoms with Crippen LogP contribution < -0.4 is 4.74 Å². The summed E-state index contributed by atoms with van der Waals surface area (Å²) in [6.45, 7) is 0.585. The van der Waals surface area contributed by atoms with Gasteiger partial charge in [0.2, 0.25) is 0 Å². The lowest BCUT2D eigenvalue weighted by Crippen LogP contribution is -1.96. The summed E-state index contributed by atoms with van der Waals surface area (Å²) in [6, 6.07) is 16.1. The second-order valence-electron chi connectivity index (χ2n) is 4.69. The van der Waals surface area contributed by atoms with Crippen molar-refractivity contribution in [2.75, 3.05) is 0 Å². The topological polar surface area (TPSA) is 29.5 Å². The second kappa shape index (κ2) is 4.83. The maximum Gasteiger partial charge on any atom is 0.120 e. The number of fused-ring (bicyclic) bond motifs is 1. The summed E-state index contributed by atoms with van der Waals surface area (Å²) >= 11 is 0. The fraction of sp³-hybridized carbons (Fsp3) is 0.250. The van der Waals surface area contributed by atoms with Crippen LogP contribution >= 0.6 is 0 Å². The van der Waals surface area contributed by atoms with Crippen molar-refractivity contribution >= 4 is 0 Å². The zero-order chi connectivity index (χ0) is 12.4. The van der Waals surface area contributed by atoms with E-state index in [2.05, 4.69) is 18.2 Å². The largest absolute Gasteiger partial charge is 0.489 e. The van der Waals surface area contributed by atoms with E-state index in [0.717, 1.165) is 29.7 Å². The van der Waals surface area contributed by atoms with Gasteiger partial charge in [-0.2, -0.15) is 0 Å². The molecule has 1 N–H and O–H groups in total. The molecule has 0 bridgehead atoms. The van der Waals surface area contributed by atoms with E-state index in [-0.39, 0.29) is 6.10 Å².